The molecular formula is C14H15F3N4O3S. The number of amides is 1. The van der Waals surface area contributed by atoms with Crippen LogP contribution in [0.5, 0.6) is 0 Å². The highest BCUT2D eigenvalue weighted by Gasteiger charge is 2.31. The second kappa shape index (κ2) is 6.84. The number of aromatic nitrogens is 2. The molecule has 0 radical (unpaired) electrons. The third kappa shape index (κ3) is 4.79. The van der Waals surface area contributed by atoms with Gasteiger partial charge in [-0.15, -0.1) is 0 Å². The number of halogens is 3. The Morgan fingerprint density at radius 3 is 2.56 bits per heavy atom. The highest BCUT2D eigenvalue weighted by molar-refractivity contribution is 7.88. The molecule has 1 N–H and O–H groups in total. The Morgan fingerprint density at radius 1 is 1.36 bits per heavy atom. The first-order valence-corrected chi connectivity index (χ1v) is 8.76. The number of nitrogens with zero attached hydrogens (tertiary/aromatic N) is 3. The van der Waals surface area contributed by atoms with Crippen molar-refractivity contribution in [3.05, 3.63) is 42.2 Å². The highest BCUT2D eigenvalue weighted by atomic mass is 32.2. The average Bonchev–Trinajstić information content (AvgIpc) is 2.99. The Balaban J connectivity index is 2.35. The molecule has 0 bridgehead atoms. The van der Waals surface area contributed by atoms with Crippen LogP contribution in [0.4, 0.5) is 18.9 Å². The Labute approximate surface area is 142 Å². The van der Waals surface area contributed by atoms with Gasteiger partial charge in [0.05, 0.1) is 29.7 Å². The summed E-state index contributed by atoms with van der Waals surface area (Å²) in [6.45, 7) is -0.534. The van der Waals surface area contributed by atoms with Gasteiger partial charge in [0.15, 0.2) is 0 Å². The molecule has 0 atom stereocenters. The van der Waals surface area contributed by atoms with Gasteiger partial charge < -0.3 is 5.32 Å². The lowest BCUT2D eigenvalue weighted by atomic mass is 10.1. The van der Waals surface area contributed by atoms with E-state index in [4.69, 9.17) is 0 Å². The molecule has 2 aromatic rings. The third-order valence-corrected chi connectivity index (χ3v) is 4.54. The monoisotopic (exact) mass is 376 g/mol. The first kappa shape index (κ1) is 18.9. The van der Waals surface area contributed by atoms with Crippen LogP contribution in [-0.2, 0) is 21.0 Å². The molecule has 1 aromatic heterocycles. The number of nitrogens with one attached hydrogen (secondary N) is 1. The first-order valence-electron chi connectivity index (χ1n) is 6.91. The van der Waals surface area contributed by atoms with Crippen LogP contribution in [0, 0.1) is 0 Å². The van der Waals surface area contributed by atoms with Crippen LogP contribution in [0.1, 0.15) is 5.56 Å². The van der Waals surface area contributed by atoms with E-state index < -0.39 is 34.2 Å². The first-order chi connectivity index (χ1) is 11.5. The van der Waals surface area contributed by atoms with E-state index in [0.29, 0.717) is 0 Å². The van der Waals surface area contributed by atoms with Crippen molar-refractivity contribution in [1.29, 1.82) is 0 Å². The van der Waals surface area contributed by atoms with Crippen molar-refractivity contribution in [2.45, 2.75) is 6.18 Å². The van der Waals surface area contributed by atoms with Crippen molar-refractivity contribution >= 4 is 21.6 Å². The van der Waals surface area contributed by atoms with E-state index in [1.54, 1.807) is 6.07 Å². The minimum absolute atomic E-state index is 0.134. The second-order valence-electron chi connectivity index (χ2n) is 5.25. The topological polar surface area (TPSA) is 84.3 Å². The van der Waals surface area contributed by atoms with E-state index in [0.717, 1.165) is 22.7 Å². The van der Waals surface area contributed by atoms with Crippen LogP contribution in [0.3, 0.4) is 0 Å². The van der Waals surface area contributed by atoms with Crippen molar-refractivity contribution in [2.75, 3.05) is 25.2 Å². The molecule has 0 saturated carbocycles. The molecule has 1 amide bonds. The fourth-order valence-electron chi connectivity index (χ4n) is 1.93. The molecule has 0 unspecified atom stereocenters. The predicted octanol–water partition coefficient (Wildman–Crippen LogP) is 1.72. The summed E-state index contributed by atoms with van der Waals surface area (Å²) >= 11 is 0. The maximum atomic E-state index is 12.9. The molecule has 1 aromatic carbocycles. The summed E-state index contributed by atoms with van der Waals surface area (Å²) in [5.74, 6) is -0.777. The number of rotatable bonds is 5. The summed E-state index contributed by atoms with van der Waals surface area (Å²) in [5.41, 5.74) is -0.867. The van der Waals surface area contributed by atoms with Gasteiger partial charge in [0.25, 0.3) is 0 Å². The molecule has 0 saturated heterocycles. The zero-order valence-corrected chi connectivity index (χ0v) is 14.1. The van der Waals surface area contributed by atoms with E-state index in [9.17, 15) is 26.4 Å². The normalized spacial score (nSPS) is 12.4. The fraction of sp³-hybridized carbons (Fsp3) is 0.286. The quantitative estimate of drug-likeness (QED) is 0.861. The second-order valence-corrected chi connectivity index (χ2v) is 7.34. The Morgan fingerprint density at radius 2 is 2.04 bits per heavy atom. The summed E-state index contributed by atoms with van der Waals surface area (Å²) in [5, 5.41) is 6.23. The number of benzene rings is 1. The number of anilines is 1. The summed E-state index contributed by atoms with van der Waals surface area (Å²) in [4.78, 5) is 12.0. The van der Waals surface area contributed by atoms with Gasteiger partial charge in [-0.1, -0.05) is 0 Å². The molecule has 1 heterocycles. The van der Waals surface area contributed by atoms with Gasteiger partial charge in [0.2, 0.25) is 15.9 Å². The fourth-order valence-corrected chi connectivity index (χ4v) is 2.28. The van der Waals surface area contributed by atoms with Crippen LogP contribution in [-0.4, -0.2) is 48.3 Å². The number of alkyl halides is 3. The Bertz CT molecular complexity index is 864. The smallest absolute Gasteiger partial charge is 0.323 e. The lowest BCUT2D eigenvalue weighted by molar-refractivity contribution is -0.137. The van der Waals surface area contributed by atoms with E-state index in [1.807, 2.05) is 0 Å². The average molecular weight is 376 g/mol. The van der Waals surface area contributed by atoms with Crippen LogP contribution < -0.4 is 5.32 Å². The molecule has 11 heteroatoms. The van der Waals surface area contributed by atoms with Crippen LogP contribution >= 0.6 is 0 Å². The maximum absolute atomic E-state index is 12.9. The molecule has 0 aliphatic rings. The molecule has 0 spiro atoms. The van der Waals surface area contributed by atoms with Crippen LogP contribution in [0.25, 0.3) is 5.69 Å². The Hall–Kier alpha value is -2.40. The number of likely N-dealkylation sites (N-methyl/N-ethyl adjacent to an activating group) is 1. The van der Waals surface area contributed by atoms with Crippen LogP contribution in [0.15, 0.2) is 36.7 Å². The number of carbonyl (C=O) groups excluding carboxylic acids is 1. The number of sulfonamides is 1. The number of hydrogen-bond acceptors (Lipinski definition) is 4. The molecule has 7 nitrogen and oxygen atoms in total. The van der Waals surface area contributed by atoms with E-state index >= 15 is 0 Å². The van der Waals surface area contributed by atoms with Gasteiger partial charge >= 0.3 is 6.18 Å². The van der Waals surface area contributed by atoms with Gasteiger partial charge in [-0.3, -0.25) is 4.79 Å². The zero-order chi connectivity index (χ0) is 18.8. The zero-order valence-electron chi connectivity index (χ0n) is 13.3. The Kier molecular flexibility index (Phi) is 5.18. The number of hydrogen-bond donors (Lipinski definition) is 1. The van der Waals surface area contributed by atoms with Crippen molar-refractivity contribution < 1.29 is 26.4 Å². The van der Waals surface area contributed by atoms with Crippen molar-refractivity contribution in [3.63, 3.8) is 0 Å². The predicted molar refractivity (Wildman–Crippen MR) is 84.7 cm³/mol. The van der Waals surface area contributed by atoms with Crippen molar-refractivity contribution in [3.8, 4) is 5.69 Å². The molecule has 0 aliphatic heterocycles. The lowest BCUT2D eigenvalue weighted by Crippen LogP contribution is -2.34. The van der Waals surface area contributed by atoms with Crippen molar-refractivity contribution in [1.82, 2.24) is 14.1 Å². The third-order valence-electron chi connectivity index (χ3n) is 3.28. The van der Waals surface area contributed by atoms with E-state index in [-0.39, 0.29) is 11.4 Å². The van der Waals surface area contributed by atoms with Crippen LogP contribution in [0.2, 0.25) is 0 Å². The van der Waals surface area contributed by atoms with E-state index in [1.165, 1.54) is 30.2 Å². The SMILES string of the molecule is CN(CC(=O)Nc1cc(C(F)(F)F)ccc1-n1cccn1)S(C)(=O)=O. The van der Waals surface area contributed by atoms with Gasteiger partial charge in [0, 0.05) is 19.4 Å². The molecular weight excluding hydrogens is 361 g/mol. The van der Waals surface area contributed by atoms with Gasteiger partial charge in [-0.25, -0.2) is 13.1 Å². The standard InChI is InChI=1S/C14H15F3N4O3S/c1-20(25(2,23)24)9-13(22)19-11-8-10(14(15,16)17)4-5-12(11)21-7-3-6-18-21/h3-8H,9H2,1-2H3,(H,19,22). The number of carbonyl (C=O) groups is 1. The summed E-state index contributed by atoms with van der Waals surface area (Å²) in [7, 11) is -2.41. The minimum Gasteiger partial charge on any atom is -0.323 e. The highest BCUT2D eigenvalue weighted by Crippen LogP contribution is 2.33. The largest absolute Gasteiger partial charge is 0.416 e. The summed E-state index contributed by atoms with van der Waals surface area (Å²) < 4.78 is 63.5. The molecule has 0 fully saturated rings. The molecule has 2 rings (SSSR count). The van der Waals surface area contributed by atoms with Crippen molar-refractivity contribution in [2.24, 2.45) is 0 Å². The lowest BCUT2D eigenvalue weighted by Gasteiger charge is -2.17. The summed E-state index contributed by atoms with van der Waals surface area (Å²) in [6, 6.07) is 4.39. The molecule has 25 heavy (non-hydrogen) atoms. The van der Waals surface area contributed by atoms with Gasteiger partial charge in [0.1, 0.15) is 0 Å². The maximum Gasteiger partial charge on any atom is 0.416 e. The minimum atomic E-state index is -4.59. The molecule has 136 valence electrons. The van der Waals surface area contributed by atoms with E-state index in [2.05, 4.69) is 10.4 Å². The summed E-state index contributed by atoms with van der Waals surface area (Å²) in [6.07, 6.45) is -0.743. The molecule has 0 aliphatic carbocycles. The van der Waals surface area contributed by atoms with Gasteiger partial charge in [-0.2, -0.15) is 22.6 Å². The van der Waals surface area contributed by atoms with Gasteiger partial charge in [-0.05, 0) is 24.3 Å².